The molecule has 1 unspecified atom stereocenters. The summed E-state index contributed by atoms with van der Waals surface area (Å²) in [6.07, 6.45) is -4.25. The molecule has 0 aromatic heterocycles. The lowest BCUT2D eigenvalue weighted by atomic mass is 10.0. The van der Waals surface area contributed by atoms with Gasteiger partial charge in [-0.05, 0) is 55.1 Å². The lowest BCUT2D eigenvalue weighted by Crippen LogP contribution is -2.29. The Morgan fingerprint density at radius 1 is 1.16 bits per heavy atom. The largest absolute Gasteiger partial charge is 0.416 e. The quantitative estimate of drug-likeness (QED) is 0.459. The van der Waals surface area contributed by atoms with Crippen molar-refractivity contribution in [3.05, 3.63) is 62.0 Å². The summed E-state index contributed by atoms with van der Waals surface area (Å²) < 4.78 is 39.3. The first-order chi connectivity index (χ1) is 11.7. The number of carbonyl (C=O) groups excluding carboxylic acids is 2. The molecule has 0 bridgehead atoms. The van der Waals surface area contributed by atoms with Crippen molar-refractivity contribution in [2.24, 2.45) is 0 Å². The fourth-order valence-electron chi connectivity index (χ4n) is 2.97. The monoisotopic (exact) mass is 475 g/mol. The molecule has 2 aromatic rings. The second kappa shape index (κ2) is 6.57. The van der Waals surface area contributed by atoms with Gasteiger partial charge in [0.25, 0.3) is 0 Å². The van der Waals surface area contributed by atoms with Crippen LogP contribution in [0, 0.1) is 0 Å². The molecule has 0 radical (unpaired) electrons. The second-order valence-corrected chi connectivity index (χ2v) is 7.24. The zero-order chi connectivity index (χ0) is 18.4. The van der Waals surface area contributed by atoms with Crippen LogP contribution in [-0.2, 0) is 22.3 Å². The van der Waals surface area contributed by atoms with Gasteiger partial charge in [-0.1, -0.05) is 24.3 Å². The number of benzene rings is 2. The van der Waals surface area contributed by atoms with Crippen molar-refractivity contribution < 1.29 is 22.8 Å². The van der Waals surface area contributed by atoms with E-state index in [-0.39, 0.29) is 15.2 Å². The molecule has 0 saturated heterocycles. The highest BCUT2D eigenvalue weighted by molar-refractivity contribution is 9.11. The minimum atomic E-state index is -4.49. The van der Waals surface area contributed by atoms with Crippen LogP contribution in [0.25, 0.3) is 0 Å². The highest BCUT2D eigenvalue weighted by atomic mass is 79.9. The number of carbonyl (C=O) groups is 2. The summed E-state index contributed by atoms with van der Waals surface area (Å²) in [6.45, 7) is 0.309. The van der Waals surface area contributed by atoms with E-state index in [9.17, 15) is 22.8 Å². The van der Waals surface area contributed by atoms with Gasteiger partial charge in [0.15, 0.2) is 6.29 Å². The summed E-state index contributed by atoms with van der Waals surface area (Å²) in [6, 6.07) is 8.20. The van der Waals surface area contributed by atoms with Crippen LogP contribution < -0.4 is 4.90 Å². The van der Waals surface area contributed by atoms with Crippen molar-refractivity contribution in [2.75, 3.05) is 4.90 Å². The van der Waals surface area contributed by atoms with Gasteiger partial charge in [0.2, 0.25) is 5.78 Å². The number of hydrogen-bond donors (Lipinski definition) is 0. The summed E-state index contributed by atoms with van der Waals surface area (Å²) in [5.41, 5.74) is 1.11. The summed E-state index contributed by atoms with van der Waals surface area (Å²) in [5, 5.41) is 0. The van der Waals surface area contributed by atoms with Crippen LogP contribution in [0.15, 0.2) is 45.3 Å². The molecule has 0 aliphatic carbocycles. The number of aldehydes is 1. The first kappa shape index (κ1) is 18.1. The molecule has 1 atom stereocenters. The molecule has 1 aliphatic rings. The van der Waals surface area contributed by atoms with E-state index in [1.165, 1.54) is 0 Å². The third-order valence-corrected chi connectivity index (χ3v) is 5.23. The van der Waals surface area contributed by atoms with Crippen LogP contribution in [0.4, 0.5) is 18.9 Å². The molecule has 130 valence electrons. The van der Waals surface area contributed by atoms with Gasteiger partial charge in [0.05, 0.1) is 11.3 Å². The van der Waals surface area contributed by atoms with E-state index in [0.29, 0.717) is 17.8 Å². The number of Topliss-reactive ketones (excluding diaryl/α,β-unsaturated/α-hetero) is 1. The van der Waals surface area contributed by atoms with Gasteiger partial charge in [-0.2, -0.15) is 13.2 Å². The predicted molar refractivity (Wildman–Crippen MR) is 93.3 cm³/mol. The molecule has 25 heavy (non-hydrogen) atoms. The SMILES string of the molecule is O=CC(=O)C1c2ccccc2CN1c1c(Br)cc(C(F)(F)F)cc1Br. The Morgan fingerprint density at radius 2 is 1.76 bits per heavy atom. The normalized spacial score (nSPS) is 16.7. The average molecular weight is 477 g/mol. The van der Waals surface area contributed by atoms with Crippen LogP contribution in [0.2, 0.25) is 0 Å². The van der Waals surface area contributed by atoms with Crippen molar-refractivity contribution >= 4 is 49.6 Å². The minimum Gasteiger partial charge on any atom is -0.351 e. The molecule has 1 heterocycles. The number of halogens is 5. The van der Waals surface area contributed by atoms with E-state index in [1.54, 1.807) is 17.0 Å². The maximum Gasteiger partial charge on any atom is 0.416 e. The number of rotatable bonds is 3. The van der Waals surface area contributed by atoms with E-state index in [0.717, 1.165) is 17.7 Å². The standard InChI is InChI=1S/C17H10Br2F3NO2/c18-12-5-10(17(20,21)22)6-13(19)16(12)23-7-9-3-1-2-4-11(9)15(23)14(25)8-24/h1-6,8,15H,7H2. The van der Waals surface area contributed by atoms with Crippen molar-refractivity contribution in [3.63, 3.8) is 0 Å². The number of anilines is 1. The molecule has 0 N–H and O–H groups in total. The third-order valence-electron chi connectivity index (χ3n) is 4.02. The maximum atomic E-state index is 13.0. The highest BCUT2D eigenvalue weighted by Crippen LogP contribution is 2.46. The summed E-state index contributed by atoms with van der Waals surface area (Å²) in [7, 11) is 0. The zero-order valence-corrected chi connectivity index (χ0v) is 15.7. The molecule has 3 rings (SSSR count). The summed E-state index contributed by atoms with van der Waals surface area (Å²) >= 11 is 6.34. The second-order valence-electron chi connectivity index (χ2n) is 5.54. The predicted octanol–water partition coefficient (Wildman–Crippen LogP) is 5.06. The maximum absolute atomic E-state index is 13.0. The van der Waals surface area contributed by atoms with Gasteiger partial charge < -0.3 is 4.90 Å². The van der Waals surface area contributed by atoms with E-state index >= 15 is 0 Å². The molecule has 2 aromatic carbocycles. The molecular weight excluding hydrogens is 467 g/mol. The number of alkyl halides is 3. The summed E-state index contributed by atoms with van der Waals surface area (Å²) in [5.74, 6) is -0.649. The Labute approximate surface area is 158 Å². The molecule has 0 fully saturated rings. The Kier molecular flexibility index (Phi) is 4.76. The first-order valence-corrected chi connectivity index (χ1v) is 8.72. The smallest absolute Gasteiger partial charge is 0.351 e. The fourth-order valence-corrected chi connectivity index (χ4v) is 4.61. The lowest BCUT2D eigenvalue weighted by molar-refractivity contribution is -0.137. The van der Waals surface area contributed by atoms with Crippen LogP contribution in [0.5, 0.6) is 0 Å². The molecule has 8 heteroatoms. The zero-order valence-electron chi connectivity index (χ0n) is 12.5. The first-order valence-electron chi connectivity index (χ1n) is 7.13. The lowest BCUT2D eigenvalue weighted by Gasteiger charge is -2.27. The number of hydrogen-bond acceptors (Lipinski definition) is 3. The third kappa shape index (κ3) is 3.25. The van der Waals surface area contributed by atoms with Crippen molar-refractivity contribution in [2.45, 2.75) is 18.8 Å². The van der Waals surface area contributed by atoms with Gasteiger partial charge in [-0.15, -0.1) is 0 Å². The Hall–Kier alpha value is -1.67. The molecule has 0 saturated carbocycles. The van der Waals surface area contributed by atoms with Crippen molar-refractivity contribution in [1.29, 1.82) is 0 Å². The van der Waals surface area contributed by atoms with Crippen LogP contribution >= 0.6 is 31.9 Å². The van der Waals surface area contributed by atoms with Gasteiger partial charge in [0.1, 0.15) is 6.04 Å². The van der Waals surface area contributed by atoms with Crippen LogP contribution in [0.3, 0.4) is 0 Å². The molecule has 0 amide bonds. The topological polar surface area (TPSA) is 37.4 Å². The average Bonchev–Trinajstić information content (AvgIpc) is 2.91. The molecular formula is C17H10Br2F3NO2. The Morgan fingerprint density at radius 3 is 2.32 bits per heavy atom. The van der Waals surface area contributed by atoms with E-state index in [4.69, 9.17) is 0 Å². The number of fused-ring (bicyclic) bond motifs is 1. The van der Waals surface area contributed by atoms with E-state index in [1.807, 2.05) is 12.1 Å². The molecule has 0 spiro atoms. The van der Waals surface area contributed by atoms with Crippen molar-refractivity contribution in [3.8, 4) is 0 Å². The van der Waals surface area contributed by atoms with Crippen LogP contribution in [0.1, 0.15) is 22.7 Å². The molecule has 3 nitrogen and oxygen atoms in total. The van der Waals surface area contributed by atoms with Gasteiger partial charge in [-0.3, -0.25) is 9.59 Å². The Bertz CT molecular complexity index is 844. The van der Waals surface area contributed by atoms with Crippen molar-refractivity contribution in [1.82, 2.24) is 0 Å². The minimum absolute atomic E-state index is 0.186. The van der Waals surface area contributed by atoms with Gasteiger partial charge in [-0.25, -0.2) is 0 Å². The number of nitrogens with zero attached hydrogens (tertiary/aromatic N) is 1. The van der Waals surface area contributed by atoms with Gasteiger partial charge in [0, 0.05) is 15.5 Å². The van der Waals surface area contributed by atoms with Crippen LogP contribution in [-0.4, -0.2) is 12.1 Å². The van der Waals surface area contributed by atoms with E-state index in [2.05, 4.69) is 31.9 Å². The number of ketones is 1. The summed E-state index contributed by atoms with van der Waals surface area (Å²) in [4.78, 5) is 24.9. The Balaban J connectivity index is 2.13. The molecule has 1 aliphatic heterocycles. The fraction of sp³-hybridized carbons (Fsp3) is 0.176. The highest BCUT2D eigenvalue weighted by Gasteiger charge is 2.38. The van der Waals surface area contributed by atoms with E-state index < -0.39 is 23.6 Å². The van der Waals surface area contributed by atoms with Gasteiger partial charge >= 0.3 is 6.18 Å².